The standard InChI is InChI=1S/C15H21NO3/c1-12-4-6-13(7-5-12)19-10-2-3-14(18)16-15(11-17)8-9-15/h4-7,17H,2-3,8-11H2,1H3,(H,16,18). The topological polar surface area (TPSA) is 58.6 Å². The molecule has 0 radical (unpaired) electrons. The van der Waals surface area contributed by atoms with Crippen molar-refractivity contribution >= 4 is 5.91 Å². The lowest BCUT2D eigenvalue weighted by atomic mass is 10.2. The van der Waals surface area contributed by atoms with Gasteiger partial charge in [-0.15, -0.1) is 0 Å². The van der Waals surface area contributed by atoms with Crippen molar-refractivity contribution < 1.29 is 14.6 Å². The summed E-state index contributed by atoms with van der Waals surface area (Å²) in [5, 5.41) is 12.0. The smallest absolute Gasteiger partial charge is 0.220 e. The Balaban J connectivity index is 1.61. The summed E-state index contributed by atoms with van der Waals surface area (Å²) in [7, 11) is 0. The van der Waals surface area contributed by atoms with E-state index < -0.39 is 0 Å². The van der Waals surface area contributed by atoms with Gasteiger partial charge in [0, 0.05) is 6.42 Å². The van der Waals surface area contributed by atoms with Crippen molar-refractivity contribution in [3.8, 4) is 5.75 Å². The van der Waals surface area contributed by atoms with Crippen molar-refractivity contribution in [1.29, 1.82) is 0 Å². The average Bonchev–Trinajstić information content (AvgIpc) is 3.17. The third kappa shape index (κ3) is 4.24. The fraction of sp³-hybridized carbons (Fsp3) is 0.533. The van der Waals surface area contributed by atoms with Crippen LogP contribution in [-0.4, -0.2) is 29.8 Å². The van der Waals surface area contributed by atoms with Crippen LogP contribution in [0.2, 0.25) is 0 Å². The van der Waals surface area contributed by atoms with Gasteiger partial charge in [-0.3, -0.25) is 4.79 Å². The molecule has 0 saturated heterocycles. The zero-order chi connectivity index (χ0) is 13.7. The number of nitrogens with one attached hydrogen (secondary N) is 1. The van der Waals surface area contributed by atoms with Crippen LogP contribution in [0.4, 0.5) is 0 Å². The van der Waals surface area contributed by atoms with Gasteiger partial charge in [0.15, 0.2) is 0 Å². The minimum Gasteiger partial charge on any atom is -0.494 e. The van der Waals surface area contributed by atoms with Crippen LogP contribution < -0.4 is 10.1 Å². The summed E-state index contributed by atoms with van der Waals surface area (Å²) in [4.78, 5) is 11.6. The number of carbonyl (C=O) groups is 1. The average molecular weight is 263 g/mol. The Labute approximate surface area is 113 Å². The third-order valence-electron chi connectivity index (χ3n) is 3.40. The van der Waals surface area contributed by atoms with Crippen LogP contribution in [0.3, 0.4) is 0 Å². The lowest BCUT2D eigenvalue weighted by Crippen LogP contribution is -2.39. The van der Waals surface area contributed by atoms with E-state index in [1.54, 1.807) is 0 Å². The van der Waals surface area contributed by atoms with Crippen molar-refractivity contribution in [2.24, 2.45) is 0 Å². The van der Waals surface area contributed by atoms with E-state index in [2.05, 4.69) is 5.32 Å². The van der Waals surface area contributed by atoms with Gasteiger partial charge in [0.2, 0.25) is 5.91 Å². The monoisotopic (exact) mass is 263 g/mol. The number of aliphatic hydroxyl groups is 1. The second kappa shape index (κ2) is 6.06. The van der Waals surface area contributed by atoms with E-state index in [1.807, 2.05) is 31.2 Å². The Morgan fingerprint density at radius 2 is 2.05 bits per heavy atom. The van der Waals surface area contributed by atoms with E-state index in [1.165, 1.54) is 5.56 Å². The first-order valence-corrected chi connectivity index (χ1v) is 6.75. The van der Waals surface area contributed by atoms with Crippen molar-refractivity contribution in [2.75, 3.05) is 13.2 Å². The molecular formula is C15H21NO3. The number of benzene rings is 1. The van der Waals surface area contributed by atoms with E-state index in [0.717, 1.165) is 18.6 Å². The maximum absolute atomic E-state index is 11.6. The van der Waals surface area contributed by atoms with Gasteiger partial charge in [0.25, 0.3) is 0 Å². The molecule has 1 aromatic carbocycles. The van der Waals surface area contributed by atoms with Gasteiger partial charge in [-0.2, -0.15) is 0 Å². The summed E-state index contributed by atoms with van der Waals surface area (Å²) in [6, 6.07) is 7.86. The fourth-order valence-corrected chi connectivity index (χ4v) is 1.89. The molecule has 104 valence electrons. The van der Waals surface area contributed by atoms with Gasteiger partial charge in [-0.1, -0.05) is 17.7 Å². The van der Waals surface area contributed by atoms with Crippen LogP contribution in [0.5, 0.6) is 5.75 Å². The Morgan fingerprint density at radius 1 is 1.37 bits per heavy atom. The molecule has 2 N–H and O–H groups in total. The van der Waals surface area contributed by atoms with Gasteiger partial charge in [-0.05, 0) is 38.3 Å². The first-order chi connectivity index (χ1) is 9.13. The summed E-state index contributed by atoms with van der Waals surface area (Å²) in [5.74, 6) is 0.832. The molecular weight excluding hydrogens is 242 g/mol. The number of ether oxygens (including phenoxy) is 1. The quantitative estimate of drug-likeness (QED) is 0.737. The summed E-state index contributed by atoms with van der Waals surface area (Å²) in [5.41, 5.74) is 0.889. The second-order valence-corrected chi connectivity index (χ2v) is 5.25. The van der Waals surface area contributed by atoms with Gasteiger partial charge in [0.05, 0.1) is 18.8 Å². The minimum atomic E-state index is -0.311. The van der Waals surface area contributed by atoms with E-state index in [9.17, 15) is 4.79 Å². The molecule has 0 aliphatic heterocycles. The molecule has 4 heteroatoms. The van der Waals surface area contributed by atoms with Gasteiger partial charge in [0.1, 0.15) is 5.75 Å². The molecule has 1 aliphatic carbocycles. The molecule has 2 rings (SSSR count). The fourth-order valence-electron chi connectivity index (χ4n) is 1.89. The van der Waals surface area contributed by atoms with E-state index in [0.29, 0.717) is 19.4 Å². The zero-order valence-electron chi connectivity index (χ0n) is 11.3. The predicted octanol–water partition coefficient (Wildman–Crippen LogP) is 1.80. The van der Waals surface area contributed by atoms with E-state index >= 15 is 0 Å². The van der Waals surface area contributed by atoms with Crippen molar-refractivity contribution in [2.45, 2.75) is 38.1 Å². The molecule has 1 aliphatic rings. The number of hydrogen-bond acceptors (Lipinski definition) is 3. The van der Waals surface area contributed by atoms with Gasteiger partial charge >= 0.3 is 0 Å². The van der Waals surface area contributed by atoms with Crippen molar-refractivity contribution in [3.63, 3.8) is 0 Å². The third-order valence-corrected chi connectivity index (χ3v) is 3.40. The molecule has 1 saturated carbocycles. The molecule has 0 unspecified atom stereocenters. The van der Waals surface area contributed by atoms with Crippen molar-refractivity contribution in [3.05, 3.63) is 29.8 Å². The normalized spacial score (nSPS) is 15.9. The first kappa shape index (κ1) is 13.9. The van der Waals surface area contributed by atoms with Crippen LogP contribution in [0.15, 0.2) is 24.3 Å². The highest BCUT2D eigenvalue weighted by Crippen LogP contribution is 2.34. The maximum atomic E-state index is 11.6. The molecule has 0 bridgehead atoms. The number of rotatable bonds is 7. The van der Waals surface area contributed by atoms with Crippen LogP contribution in [0.25, 0.3) is 0 Å². The Bertz CT molecular complexity index is 424. The van der Waals surface area contributed by atoms with Crippen LogP contribution in [0.1, 0.15) is 31.2 Å². The highest BCUT2D eigenvalue weighted by molar-refractivity contribution is 5.77. The molecule has 1 fully saturated rings. The number of amides is 1. The SMILES string of the molecule is Cc1ccc(OCCCC(=O)NC2(CO)CC2)cc1. The molecule has 1 aromatic rings. The Kier molecular flexibility index (Phi) is 4.43. The molecule has 0 heterocycles. The molecule has 0 spiro atoms. The molecule has 1 amide bonds. The Morgan fingerprint density at radius 3 is 2.63 bits per heavy atom. The highest BCUT2D eigenvalue weighted by Gasteiger charge is 2.43. The molecule has 4 nitrogen and oxygen atoms in total. The summed E-state index contributed by atoms with van der Waals surface area (Å²) >= 11 is 0. The number of carbonyl (C=O) groups excluding carboxylic acids is 1. The first-order valence-electron chi connectivity index (χ1n) is 6.75. The zero-order valence-corrected chi connectivity index (χ0v) is 11.3. The number of aryl methyl sites for hydroxylation is 1. The summed E-state index contributed by atoms with van der Waals surface area (Å²) in [6.07, 6.45) is 2.89. The van der Waals surface area contributed by atoms with Crippen LogP contribution in [-0.2, 0) is 4.79 Å². The van der Waals surface area contributed by atoms with Crippen molar-refractivity contribution in [1.82, 2.24) is 5.32 Å². The largest absolute Gasteiger partial charge is 0.494 e. The lowest BCUT2D eigenvalue weighted by molar-refractivity contribution is -0.122. The number of aliphatic hydroxyl groups excluding tert-OH is 1. The molecule has 0 atom stereocenters. The second-order valence-electron chi connectivity index (χ2n) is 5.25. The lowest BCUT2D eigenvalue weighted by Gasteiger charge is -2.14. The highest BCUT2D eigenvalue weighted by atomic mass is 16.5. The number of hydrogen-bond donors (Lipinski definition) is 2. The molecule has 19 heavy (non-hydrogen) atoms. The van der Waals surface area contributed by atoms with E-state index in [-0.39, 0.29) is 18.1 Å². The summed E-state index contributed by atoms with van der Waals surface area (Å²) in [6.45, 7) is 2.60. The van der Waals surface area contributed by atoms with Gasteiger partial charge in [-0.25, -0.2) is 0 Å². The predicted molar refractivity (Wildman–Crippen MR) is 73.1 cm³/mol. The molecule has 0 aromatic heterocycles. The Hall–Kier alpha value is -1.55. The maximum Gasteiger partial charge on any atom is 0.220 e. The van der Waals surface area contributed by atoms with Crippen LogP contribution in [0, 0.1) is 6.92 Å². The van der Waals surface area contributed by atoms with Gasteiger partial charge < -0.3 is 15.2 Å². The minimum absolute atomic E-state index is 0.000874. The van der Waals surface area contributed by atoms with E-state index in [4.69, 9.17) is 9.84 Å². The van der Waals surface area contributed by atoms with Crippen LogP contribution >= 0.6 is 0 Å². The summed E-state index contributed by atoms with van der Waals surface area (Å²) < 4.78 is 5.55.